The summed E-state index contributed by atoms with van der Waals surface area (Å²) >= 11 is 3.26. The molecule has 1 aliphatic heterocycles. The van der Waals surface area contributed by atoms with E-state index in [2.05, 4.69) is 31.1 Å². The van der Waals surface area contributed by atoms with Crippen LogP contribution in [0.1, 0.15) is 29.8 Å². The number of aromatic nitrogens is 1. The lowest BCUT2D eigenvalue weighted by Crippen LogP contribution is -2.37. The van der Waals surface area contributed by atoms with E-state index < -0.39 is 0 Å². The fraction of sp³-hybridized carbons (Fsp3) is 0.538. The molecule has 0 saturated carbocycles. The van der Waals surface area contributed by atoms with Crippen LogP contribution in [-0.2, 0) is 0 Å². The topological polar surface area (TPSA) is 45.2 Å². The second-order valence-corrected chi connectivity index (χ2v) is 5.32. The molecule has 1 aromatic rings. The lowest BCUT2D eigenvalue weighted by molar-refractivity contribution is 0.0941. The van der Waals surface area contributed by atoms with Gasteiger partial charge in [-0.25, -0.2) is 4.98 Å². The third-order valence-electron chi connectivity index (χ3n) is 3.11. The van der Waals surface area contributed by atoms with E-state index >= 15 is 0 Å². The minimum Gasteiger partial charge on any atom is -0.349 e. The monoisotopic (exact) mass is 311 g/mol. The maximum atomic E-state index is 11.8. The third kappa shape index (κ3) is 4.07. The molecule has 18 heavy (non-hydrogen) atoms. The van der Waals surface area contributed by atoms with Crippen molar-refractivity contribution in [3.63, 3.8) is 0 Å². The molecule has 0 bridgehead atoms. The number of amides is 1. The summed E-state index contributed by atoms with van der Waals surface area (Å²) in [5, 5.41) is 2.91. The number of carbonyl (C=O) groups is 1. The number of carbonyl (C=O) groups excluding carboxylic acids is 1. The molecular formula is C13H18BrN3O. The number of likely N-dealkylation sites (tertiary alicyclic amines) is 1. The van der Waals surface area contributed by atoms with Crippen LogP contribution in [0.5, 0.6) is 0 Å². The number of hydrogen-bond donors (Lipinski definition) is 1. The molecule has 1 saturated heterocycles. The molecule has 5 heteroatoms. The van der Waals surface area contributed by atoms with Crippen molar-refractivity contribution in [1.29, 1.82) is 0 Å². The maximum absolute atomic E-state index is 11.8. The Morgan fingerprint density at radius 2 is 2.11 bits per heavy atom. The summed E-state index contributed by atoms with van der Waals surface area (Å²) in [6, 6.07) is 5.35. The Morgan fingerprint density at radius 1 is 1.33 bits per heavy atom. The van der Waals surface area contributed by atoms with E-state index in [1.165, 1.54) is 19.3 Å². The van der Waals surface area contributed by atoms with Crippen molar-refractivity contribution >= 4 is 21.8 Å². The molecule has 98 valence electrons. The van der Waals surface area contributed by atoms with Crippen molar-refractivity contribution in [2.75, 3.05) is 26.2 Å². The first kappa shape index (κ1) is 13.5. The maximum Gasteiger partial charge on any atom is 0.269 e. The molecule has 0 radical (unpaired) electrons. The van der Waals surface area contributed by atoms with E-state index in [0.717, 1.165) is 19.6 Å². The normalized spacial score (nSPS) is 16.5. The Balaban J connectivity index is 1.74. The van der Waals surface area contributed by atoms with E-state index in [1.54, 1.807) is 6.07 Å². The second-order valence-electron chi connectivity index (χ2n) is 4.50. The molecule has 0 aromatic carbocycles. The predicted octanol–water partition coefficient (Wildman–Crippen LogP) is 2.06. The van der Waals surface area contributed by atoms with Crippen LogP contribution in [0.3, 0.4) is 0 Å². The van der Waals surface area contributed by atoms with Gasteiger partial charge in [0, 0.05) is 13.1 Å². The molecule has 4 nitrogen and oxygen atoms in total. The standard InChI is InChI=1S/C13H18BrN3O/c14-12-6-4-5-11(16-12)13(18)15-7-10-17-8-2-1-3-9-17/h4-6H,1-3,7-10H2,(H,15,18). The Morgan fingerprint density at radius 3 is 2.83 bits per heavy atom. The summed E-state index contributed by atoms with van der Waals surface area (Å²) in [7, 11) is 0. The zero-order valence-electron chi connectivity index (χ0n) is 10.4. The molecule has 2 heterocycles. The van der Waals surface area contributed by atoms with Gasteiger partial charge in [-0.1, -0.05) is 12.5 Å². The molecule has 0 spiro atoms. The first-order chi connectivity index (χ1) is 8.75. The number of hydrogen-bond acceptors (Lipinski definition) is 3. The summed E-state index contributed by atoms with van der Waals surface area (Å²) in [5.74, 6) is -0.103. The average molecular weight is 312 g/mol. The van der Waals surface area contributed by atoms with Crippen molar-refractivity contribution in [3.8, 4) is 0 Å². The van der Waals surface area contributed by atoms with Gasteiger partial charge in [0.2, 0.25) is 0 Å². The highest BCUT2D eigenvalue weighted by atomic mass is 79.9. The molecular weight excluding hydrogens is 294 g/mol. The number of nitrogens with one attached hydrogen (secondary N) is 1. The molecule has 2 rings (SSSR count). The van der Waals surface area contributed by atoms with Crippen molar-refractivity contribution in [2.45, 2.75) is 19.3 Å². The SMILES string of the molecule is O=C(NCCN1CCCCC1)c1cccc(Br)n1. The van der Waals surface area contributed by atoms with Crippen LogP contribution in [-0.4, -0.2) is 42.0 Å². The third-order valence-corrected chi connectivity index (χ3v) is 3.55. The molecule has 1 aromatic heterocycles. The average Bonchev–Trinajstić information content (AvgIpc) is 2.40. The van der Waals surface area contributed by atoms with Crippen LogP contribution >= 0.6 is 15.9 Å². The Hall–Kier alpha value is -0.940. The first-order valence-electron chi connectivity index (χ1n) is 6.39. The highest BCUT2D eigenvalue weighted by molar-refractivity contribution is 9.10. The van der Waals surface area contributed by atoms with Gasteiger partial charge in [-0.05, 0) is 54.0 Å². The molecule has 0 unspecified atom stereocenters. The van der Waals surface area contributed by atoms with E-state index in [1.807, 2.05) is 12.1 Å². The lowest BCUT2D eigenvalue weighted by Gasteiger charge is -2.26. The predicted molar refractivity (Wildman–Crippen MR) is 74.6 cm³/mol. The van der Waals surface area contributed by atoms with Crippen molar-refractivity contribution in [3.05, 3.63) is 28.5 Å². The van der Waals surface area contributed by atoms with Crippen LogP contribution in [0.25, 0.3) is 0 Å². The minimum absolute atomic E-state index is 0.103. The van der Waals surface area contributed by atoms with Gasteiger partial charge in [-0.15, -0.1) is 0 Å². The van der Waals surface area contributed by atoms with Crippen molar-refractivity contribution in [2.24, 2.45) is 0 Å². The summed E-state index contributed by atoms with van der Waals surface area (Å²) < 4.78 is 0.686. The summed E-state index contributed by atoms with van der Waals surface area (Å²) in [6.07, 6.45) is 3.90. The van der Waals surface area contributed by atoms with Crippen molar-refractivity contribution in [1.82, 2.24) is 15.2 Å². The number of halogens is 1. The quantitative estimate of drug-likeness (QED) is 0.866. The van der Waals surface area contributed by atoms with Gasteiger partial charge in [-0.2, -0.15) is 0 Å². The molecule has 0 atom stereocenters. The molecule has 1 aliphatic rings. The highest BCUT2D eigenvalue weighted by Gasteiger charge is 2.11. The fourth-order valence-corrected chi connectivity index (χ4v) is 2.48. The van der Waals surface area contributed by atoms with Crippen LogP contribution in [0.2, 0.25) is 0 Å². The number of piperidine rings is 1. The van der Waals surface area contributed by atoms with Gasteiger partial charge in [0.25, 0.3) is 5.91 Å². The van der Waals surface area contributed by atoms with E-state index in [0.29, 0.717) is 16.8 Å². The smallest absolute Gasteiger partial charge is 0.269 e. The van der Waals surface area contributed by atoms with Crippen molar-refractivity contribution < 1.29 is 4.79 Å². The van der Waals surface area contributed by atoms with Crippen LogP contribution in [0.15, 0.2) is 22.8 Å². The Labute approximate surface area is 116 Å². The van der Waals surface area contributed by atoms with Gasteiger partial charge in [0.1, 0.15) is 10.3 Å². The number of nitrogens with zero attached hydrogens (tertiary/aromatic N) is 2. The Kier molecular flexibility index (Phi) is 5.13. The number of rotatable bonds is 4. The summed E-state index contributed by atoms with van der Waals surface area (Å²) in [6.45, 7) is 3.93. The van der Waals surface area contributed by atoms with Crippen LogP contribution < -0.4 is 5.32 Å². The fourth-order valence-electron chi connectivity index (χ4n) is 2.14. The van der Waals surface area contributed by atoms with E-state index in [9.17, 15) is 4.79 Å². The molecule has 1 N–H and O–H groups in total. The van der Waals surface area contributed by atoms with Gasteiger partial charge in [-0.3, -0.25) is 4.79 Å². The van der Waals surface area contributed by atoms with Gasteiger partial charge < -0.3 is 10.2 Å². The summed E-state index contributed by atoms with van der Waals surface area (Å²) in [5.41, 5.74) is 0.461. The van der Waals surface area contributed by atoms with Gasteiger partial charge >= 0.3 is 0 Å². The van der Waals surface area contributed by atoms with Crippen LogP contribution in [0, 0.1) is 0 Å². The van der Waals surface area contributed by atoms with Gasteiger partial charge in [0.05, 0.1) is 0 Å². The molecule has 1 amide bonds. The second kappa shape index (κ2) is 6.85. The largest absolute Gasteiger partial charge is 0.349 e. The number of pyridine rings is 1. The zero-order valence-corrected chi connectivity index (χ0v) is 11.9. The first-order valence-corrected chi connectivity index (χ1v) is 7.18. The van der Waals surface area contributed by atoms with Gasteiger partial charge in [0.15, 0.2) is 0 Å². The molecule has 1 fully saturated rings. The van der Waals surface area contributed by atoms with E-state index in [-0.39, 0.29) is 5.91 Å². The zero-order chi connectivity index (χ0) is 12.8. The highest BCUT2D eigenvalue weighted by Crippen LogP contribution is 2.08. The summed E-state index contributed by atoms with van der Waals surface area (Å²) in [4.78, 5) is 18.4. The van der Waals surface area contributed by atoms with E-state index in [4.69, 9.17) is 0 Å². The molecule has 0 aliphatic carbocycles. The Bertz CT molecular complexity index is 405. The lowest BCUT2D eigenvalue weighted by atomic mass is 10.1. The van der Waals surface area contributed by atoms with Crippen LogP contribution in [0.4, 0.5) is 0 Å². The minimum atomic E-state index is -0.103.